The van der Waals surface area contributed by atoms with Gasteiger partial charge in [0.2, 0.25) is 0 Å². The van der Waals surface area contributed by atoms with Crippen molar-refractivity contribution in [1.82, 2.24) is 0 Å². The van der Waals surface area contributed by atoms with Crippen molar-refractivity contribution in [2.45, 2.75) is 13.5 Å². The topological polar surface area (TPSA) is 26.0 Å². The molecule has 1 nitrogen and oxygen atoms in total. The highest BCUT2D eigenvalue weighted by atomic mass is 19.2. The molecule has 1 rings (SSSR count). The van der Waals surface area contributed by atoms with Crippen molar-refractivity contribution in [3.05, 3.63) is 34.9 Å². The average molecular weight is 157 g/mol. The van der Waals surface area contributed by atoms with Gasteiger partial charge in [-0.1, -0.05) is 6.07 Å². The van der Waals surface area contributed by atoms with E-state index >= 15 is 0 Å². The Balaban J connectivity index is 3.21. The van der Waals surface area contributed by atoms with Crippen LogP contribution in [0, 0.1) is 18.6 Å². The summed E-state index contributed by atoms with van der Waals surface area (Å²) < 4.78 is 25.2. The summed E-state index contributed by atoms with van der Waals surface area (Å²) in [5.74, 6) is -1.62. The zero-order valence-electron chi connectivity index (χ0n) is 6.20. The SMILES string of the molecule is Cc1cc(CN)cc(F)c1F. The Morgan fingerprint density at radius 1 is 1.36 bits per heavy atom. The van der Waals surface area contributed by atoms with E-state index in [1.807, 2.05) is 0 Å². The van der Waals surface area contributed by atoms with Crippen LogP contribution in [0.25, 0.3) is 0 Å². The maximum absolute atomic E-state index is 12.6. The lowest BCUT2D eigenvalue weighted by Crippen LogP contribution is -1.99. The summed E-state index contributed by atoms with van der Waals surface area (Å²) in [4.78, 5) is 0. The van der Waals surface area contributed by atoms with Crippen LogP contribution in [0.3, 0.4) is 0 Å². The van der Waals surface area contributed by atoms with E-state index in [-0.39, 0.29) is 6.54 Å². The fraction of sp³-hybridized carbons (Fsp3) is 0.250. The Kier molecular flexibility index (Phi) is 2.19. The second kappa shape index (κ2) is 2.96. The average Bonchev–Trinajstić information content (AvgIpc) is 1.99. The molecule has 1 aromatic rings. The molecule has 0 saturated heterocycles. The number of benzene rings is 1. The molecule has 0 aliphatic carbocycles. The van der Waals surface area contributed by atoms with E-state index in [4.69, 9.17) is 5.73 Å². The van der Waals surface area contributed by atoms with Gasteiger partial charge in [0.05, 0.1) is 0 Å². The van der Waals surface area contributed by atoms with Crippen molar-refractivity contribution in [3.63, 3.8) is 0 Å². The van der Waals surface area contributed by atoms with Crippen LogP contribution in [-0.4, -0.2) is 0 Å². The van der Waals surface area contributed by atoms with E-state index in [1.165, 1.54) is 6.92 Å². The lowest BCUT2D eigenvalue weighted by atomic mass is 10.1. The summed E-state index contributed by atoms with van der Waals surface area (Å²) in [5.41, 5.74) is 6.16. The van der Waals surface area contributed by atoms with Gasteiger partial charge >= 0.3 is 0 Å². The molecule has 0 unspecified atom stereocenters. The molecule has 60 valence electrons. The molecule has 0 amide bonds. The Morgan fingerprint density at radius 3 is 2.45 bits per heavy atom. The Labute approximate surface area is 63.8 Å². The molecule has 0 aliphatic rings. The van der Waals surface area contributed by atoms with Crippen LogP contribution in [0.4, 0.5) is 8.78 Å². The summed E-state index contributed by atoms with van der Waals surface area (Å²) in [6.45, 7) is 1.75. The van der Waals surface area contributed by atoms with Crippen molar-refractivity contribution in [3.8, 4) is 0 Å². The first-order valence-corrected chi connectivity index (χ1v) is 3.29. The van der Waals surface area contributed by atoms with E-state index in [2.05, 4.69) is 0 Å². The van der Waals surface area contributed by atoms with E-state index in [1.54, 1.807) is 6.07 Å². The van der Waals surface area contributed by atoms with Gasteiger partial charge in [0.15, 0.2) is 11.6 Å². The number of nitrogens with two attached hydrogens (primary N) is 1. The first kappa shape index (κ1) is 8.14. The molecule has 3 heteroatoms. The van der Waals surface area contributed by atoms with Gasteiger partial charge in [0.25, 0.3) is 0 Å². The number of aryl methyl sites for hydroxylation is 1. The number of hydrogen-bond donors (Lipinski definition) is 1. The monoisotopic (exact) mass is 157 g/mol. The van der Waals surface area contributed by atoms with E-state index < -0.39 is 11.6 Å². The largest absolute Gasteiger partial charge is 0.326 e. The van der Waals surface area contributed by atoms with Gasteiger partial charge in [-0.05, 0) is 24.1 Å². The van der Waals surface area contributed by atoms with Crippen LogP contribution in [0.2, 0.25) is 0 Å². The summed E-state index contributed by atoms with van der Waals surface area (Å²) >= 11 is 0. The predicted molar refractivity (Wildman–Crippen MR) is 39.0 cm³/mol. The molecule has 1 aromatic carbocycles. The Morgan fingerprint density at radius 2 is 2.00 bits per heavy atom. The van der Waals surface area contributed by atoms with Crippen LogP contribution in [-0.2, 0) is 6.54 Å². The van der Waals surface area contributed by atoms with Gasteiger partial charge < -0.3 is 5.73 Å². The lowest BCUT2D eigenvalue weighted by molar-refractivity contribution is 0.501. The van der Waals surface area contributed by atoms with Crippen molar-refractivity contribution >= 4 is 0 Å². The fourth-order valence-corrected chi connectivity index (χ4v) is 0.915. The Hall–Kier alpha value is -0.960. The summed E-state index contributed by atoms with van der Waals surface area (Å²) in [5, 5.41) is 0. The fourth-order valence-electron chi connectivity index (χ4n) is 0.915. The smallest absolute Gasteiger partial charge is 0.161 e. The molecule has 11 heavy (non-hydrogen) atoms. The third-order valence-electron chi connectivity index (χ3n) is 1.51. The molecule has 0 aromatic heterocycles. The highest BCUT2D eigenvalue weighted by Gasteiger charge is 2.05. The third-order valence-corrected chi connectivity index (χ3v) is 1.51. The molecular formula is C8H9F2N. The van der Waals surface area contributed by atoms with Gasteiger partial charge in [-0.3, -0.25) is 0 Å². The summed E-state index contributed by atoms with van der Waals surface area (Å²) in [6.07, 6.45) is 0. The van der Waals surface area contributed by atoms with Gasteiger partial charge in [0.1, 0.15) is 0 Å². The molecule has 0 fully saturated rings. The molecular weight excluding hydrogens is 148 g/mol. The predicted octanol–water partition coefficient (Wildman–Crippen LogP) is 1.73. The summed E-state index contributed by atoms with van der Waals surface area (Å²) in [7, 11) is 0. The molecule has 2 N–H and O–H groups in total. The zero-order chi connectivity index (χ0) is 8.43. The highest BCUT2D eigenvalue weighted by Crippen LogP contribution is 2.13. The first-order chi connectivity index (χ1) is 5.15. The molecule has 0 aliphatic heterocycles. The zero-order valence-corrected chi connectivity index (χ0v) is 6.20. The van der Waals surface area contributed by atoms with Crippen LogP contribution < -0.4 is 5.73 Å². The van der Waals surface area contributed by atoms with Gasteiger partial charge in [-0.15, -0.1) is 0 Å². The van der Waals surface area contributed by atoms with Crippen LogP contribution in [0.1, 0.15) is 11.1 Å². The van der Waals surface area contributed by atoms with Gasteiger partial charge in [-0.2, -0.15) is 0 Å². The van der Waals surface area contributed by atoms with Gasteiger partial charge in [0, 0.05) is 6.54 Å². The van der Waals surface area contributed by atoms with Crippen molar-refractivity contribution in [2.75, 3.05) is 0 Å². The first-order valence-electron chi connectivity index (χ1n) is 3.29. The molecule has 0 heterocycles. The number of hydrogen-bond acceptors (Lipinski definition) is 1. The minimum atomic E-state index is -0.828. The number of rotatable bonds is 1. The number of halogens is 2. The van der Waals surface area contributed by atoms with Crippen LogP contribution >= 0.6 is 0 Å². The third kappa shape index (κ3) is 1.54. The van der Waals surface area contributed by atoms with Gasteiger partial charge in [-0.25, -0.2) is 8.78 Å². The van der Waals surface area contributed by atoms with Crippen molar-refractivity contribution < 1.29 is 8.78 Å². The normalized spacial score (nSPS) is 10.2. The molecule has 0 bridgehead atoms. The highest BCUT2D eigenvalue weighted by molar-refractivity contribution is 5.24. The maximum atomic E-state index is 12.6. The molecule has 0 saturated carbocycles. The van der Waals surface area contributed by atoms with E-state index in [9.17, 15) is 8.78 Å². The summed E-state index contributed by atoms with van der Waals surface area (Å²) in [6, 6.07) is 2.65. The quantitative estimate of drug-likeness (QED) is 0.660. The minimum Gasteiger partial charge on any atom is -0.326 e. The molecule has 0 spiro atoms. The Bertz CT molecular complexity index is 248. The standard InChI is InChI=1S/C8H9F2N/c1-5-2-6(4-11)3-7(9)8(5)10/h2-3H,4,11H2,1H3. The van der Waals surface area contributed by atoms with E-state index in [0.717, 1.165) is 6.07 Å². The maximum Gasteiger partial charge on any atom is 0.161 e. The lowest BCUT2D eigenvalue weighted by Gasteiger charge is -2.01. The van der Waals surface area contributed by atoms with Crippen LogP contribution in [0.15, 0.2) is 12.1 Å². The van der Waals surface area contributed by atoms with Crippen LogP contribution in [0.5, 0.6) is 0 Å². The molecule has 0 atom stereocenters. The second-order valence-corrected chi connectivity index (χ2v) is 2.41. The van der Waals surface area contributed by atoms with E-state index in [0.29, 0.717) is 11.1 Å². The second-order valence-electron chi connectivity index (χ2n) is 2.41. The van der Waals surface area contributed by atoms with Crippen molar-refractivity contribution in [2.24, 2.45) is 5.73 Å². The van der Waals surface area contributed by atoms with Crippen molar-refractivity contribution in [1.29, 1.82) is 0 Å². The molecule has 0 radical (unpaired) electrons. The minimum absolute atomic E-state index is 0.234.